The molecule has 3 heteroatoms. The largest absolute Gasteiger partial charge is 0.234 e. The third-order valence-corrected chi connectivity index (χ3v) is 16.0. The van der Waals surface area contributed by atoms with Crippen molar-refractivity contribution in [2.75, 3.05) is 0 Å². The zero-order chi connectivity index (χ0) is 14.0. The van der Waals surface area contributed by atoms with Gasteiger partial charge in [0.1, 0.15) is 5.94 Å². The summed E-state index contributed by atoms with van der Waals surface area (Å²) >= 11 is 0. The second-order valence-corrected chi connectivity index (χ2v) is 18.5. The van der Waals surface area contributed by atoms with E-state index >= 15 is 0 Å². The van der Waals surface area contributed by atoms with E-state index in [9.17, 15) is 4.79 Å². The maximum Gasteiger partial charge on any atom is 0.114 e. The number of carbonyl (C=O) groups excluding carboxylic acids is 1. The Kier molecular flexibility index (Phi) is 5.64. The van der Waals surface area contributed by atoms with Crippen LogP contribution in [0.15, 0.2) is 4.82 Å². The Bertz CT molecular complexity index is 283. The maximum absolute atomic E-state index is 11.6. The van der Waals surface area contributed by atoms with Gasteiger partial charge in [-0.05, 0) is 21.4 Å². The smallest absolute Gasteiger partial charge is 0.114 e. The van der Waals surface area contributed by atoms with Crippen LogP contribution < -0.4 is 0 Å². The minimum atomic E-state index is -1.74. The topological polar surface area (TPSA) is 17.1 Å². The van der Waals surface area contributed by atoms with Crippen molar-refractivity contribution in [3.05, 3.63) is 4.82 Å². The van der Waals surface area contributed by atoms with E-state index in [2.05, 4.69) is 67.1 Å². The fourth-order valence-electron chi connectivity index (χ4n) is 3.76. The van der Waals surface area contributed by atoms with Crippen molar-refractivity contribution in [2.45, 2.75) is 77.8 Å². The third-order valence-electron chi connectivity index (χ3n) is 4.15. The first-order chi connectivity index (χ1) is 7.52. The molecule has 0 spiro atoms. The maximum atomic E-state index is 11.6. The van der Waals surface area contributed by atoms with Gasteiger partial charge >= 0.3 is 0 Å². The normalized spacial score (nSPS) is 13.4. The predicted octanol–water partition coefficient (Wildman–Crippen LogP) is 4.84. The SMILES string of the molecule is CC(C)[Si](C(=C=O)[Si](C)(C)C)(C(C)C)C(C)C. The molecule has 0 saturated carbocycles. The lowest BCUT2D eigenvalue weighted by Gasteiger charge is -2.47. The van der Waals surface area contributed by atoms with E-state index in [1.54, 1.807) is 0 Å². The van der Waals surface area contributed by atoms with E-state index in [4.69, 9.17) is 0 Å². The van der Waals surface area contributed by atoms with Gasteiger partial charge in [-0.1, -0.05) is 61.2 Å². The van der Waals surface area contributed by atoms with Crippen LogP contribution in [0.1, 0.15) is 41.5 Å². The van der Waals surface area contributed by atoms with Crippen LogP contribution in [0.5, 0.6) is 0 Å². The van der Waals surface area contributed by atoms with Gasteiger partial charge in [0, 0.05) is 0 Å². The molecule has 1 nitrogen and oxygen atoms in total. The Balaban J connectivity index is 6.03. The number of rotatable bonds is 5. The van der Waals surface area contributed by atoms with Gasteiger partial charge in [0.2, 0.25) is 0 Å². The fraction of sp³-hybridized carbons (Fsp3) is 0.857. The Hall–Kier alpha value is -0.116. The van der Waals surface area contributed by atoms with Crippen LogP contribution in [-0.2, 0) is 4.79 Å². The zero-order valence-electron chi connectivity index (χ0n) is 13.1. The quantitative estimate of drug-likeness (QED) is 0.516. The molecular weight excluding hydrogens is 240 g/mol. The molecule has 0 saturated heterocycles. The lowest BCUT2D eigenvalue weighted by Crippen LogP contribution is -2.54. The van der Waals surface area contributed by atoms with Crippen molar-refractivity contribution >= 4 is 22.1 Å². The van der Waals surface area contributed by atoms with Crippen LogP contribution in [0.2, 0.25) is 36.3 Å². The molecule has 0 aromatic heterocycles. The molecule has 100 valence electrons. The van der Waals surface area contributed by atoms with Crippen molar-refractivity contribution in [2.24, 2.45) is 0 Å². The highest BCUT2D eigenvalue weighted by molar-refractivity contribution is 7.09. The lowest BCUT2D eigenvalue weighted by atomic mass is 10.5. The molecule has 0 aromatic rings. The van der Waals surface area contributed by atoms with Gasteiger partial charge in [-0.25, -0.2) is 4.79 Å². The van der Waals surface area contributed by atoms with Crippen molar-refractivity contribution in [3.63, 3.8) is 0 Å². The van der Waals surface area contributed by atoms with Crippen LogP contribution in [-0.4, -0.2) is 22.1 Å². The van der Waals surface area contributed by atoms with Crippen LogP contribution in [0.25, 0.3) is 0 Å². The molecule has 0 atom stereocenters. The molecule has 0 aliphatic carbocycles. The average Bonchev–Trinajstić information content (AvgIpc) is 2.09. The van der Waals surface area contributed by atoms with Gasteiger partial charge in [0.15, 0.2) is 0 Å². The summed E-state index contributed by atoms with van der Waals surface area (Å²) in [6, 6.07) is 0. The second-order valence-electron chi connectivity index (χ2n) is 7.12. The third kappa shape index (κ3) is 3.01. The summed E-state index contributed by atoms with van der Waals surface area (Å²) in [5.41, 5.74) is 1.85. The van der Waals surface area contributed by atoms with Gasteiger partial charge in [-0.2, -0.15) is 0 Å². The van der Waals surface area contributed by atoms with E-state index in [0.29, 0.717) is 16.6 Å². The number of hydrogen-bond acceptors (Lipinski definition) is 1. The molecule has 17 heavy (non-hydrogen) atoms. The average molecular weight is 271 g/mol. The van der Waals surface area contributed by atoms with E-state index in [0.717, 1.165) is 0 Å². The molecule has 0 aromatic carbocycles. The molecule has 0 radical (unpaired) electrons. The second kappa shape index (κ2) is 5.68. The first-order valence-corrected chi connectivity index (χ1v) is 12.5. The molecule has 0 N–H and O–H groups in total. The van der Waals surface area contributed by atoms with Crippen molar-refractivity contribution < 1.29 is 4.79 Å². The Morgan fingerprint density at radius 3 is 1.18 bits per heavy atom. The van der Waals surface area contributed by atoms with Crippen LogP contribution in [0, 0.1) is 0 Å². The standard InChI is InChI=1S/C14H30OSi2/c1-11(2)17(12(3)4,13(5)6)14(10-15)16(7,8)9/h11-13H,1-9H3. The molecular formula is C14H30OSi2. The molecule has 0 aliphatic heterocycles. The van der Waals surface area contributed by atoms with Gasteiger partial charge in [0.05, 0.1) is 16.1 Å². The number of hydrogen-bond donors (Lipinski definition) is 0. The minimum Gasteiger partial charge on any atom is -0.234 e. The highest BCUT2D eigenvalue weighted by atomic mass is 28.4. The first kappa shape index (κ1) is 16.9. The zero-order valence-corrected chi connectivity index (χ0v) is 15.1. The predicted molar refractivity (Wildman–Crippen MR) is 83.6 cm³/mol. The lowest BCUT2D eigenvalue weighted by molar-refractivity contribution is 0.568. The molecule has 0 bridgehead atoms. The van der Waals surface area contributed by atoms with E-state index in [-0.39, 0.29) is 0 Å². The van der Waals surface area contributed by atoms with Gasteiger partial charge in [-0.3, -0.25) is 0 Å². The summed E-state index contributed by atoms with van der Waals surface area (Å²) in [5, 5.41) is 0. The van der Waals surface area contributed by atoms with E-state index < -0.39 is 16.1 Å². The minimum absolute atomic E-state index is 0.616. The van der Waals surface area contributed by atoms with Crippen LogP contribution >= 0.6 is 0 Å². The molecule has 0 aliphatic rings. The molecule has 0 unspecified atom stereocenters. The van der Waals surface area contributed by atoms with E-state index in [1.807, 2.05) is 0 Å². The Morgan fingerprint density at radius 2 is 1.12 bits per heavy atom. The van der Waals surface area contributed by atoms with Crippen LogP contribution in [0.4, 0.5) is 0 Å². The molecule has 0 rings (SSSR count). The Morgan fingerprint density at radius 1 is 0.824 bits per heavy atom. The summed E-state index contributed by atoms with van der Waals surface area (Å²) in [7, 11) is -3.29. The summed E-state index contributed by atoms with van der Waals surface area (Å²) in [4.78, 5) is 12.8. The van der Waals surface area contributed by atoms with Gasteiger partial charge in [-0.15, -0.1) is 0 Å². The van der Waals surface area contributed by atoms with Crippen molar-refractivity contribution in [3.8, 4) is 0 Å². The van der Waals surface area contributed by atoms with Crippen molar-refractivity contribution in [1.82, 2.24) is 0 Å². The summed E-state index contributed by atoms with van der Waals surface area (Å²) in [6.45, 7) is 20.7. The summed E-state index contributed by atoms with van der Waals surface area (Å²) in [5.74, 6) is 2.42. The van der Waals surface area contributed by atoms with Crippen LogP contribution in [0.3, 0.4) is 0 Å². The molecule has 0 fully saturated rings. The highest BCUT2D eigenvalue weighted by Gasteiger charge is 2.50. The molecule has 0 amide bonds. The van der Waals surface area contributed by atoms with E-state index in [1.165, 1.54) is 4.82 Å². The summed E-state index contributed by atoms with van der Waals surface area (Å²) in [6.07, 6.45) is 0. The fourth-order valence-corrected chi connectivity index (χ4v) is 17.8. The first-order valence-electron chi connectivity index (χ1n) is 6.78. The van der Waals surface area contributed by atoms with Crippen molar-refractivity contribution in [1.29, 1.82) is 0 Å². The summed E-state index contributed by atoms with van der Waals surface area (Å²) < 4.78 is 0. The van der Waals surface area contributed by atoms with Gasteiger partial charge in [0.25, 0.3) is 0 Å². The van der Waals surface area contributed by atoms with Gasteiger partial charge < -0.3 is 0 Å². The Labute approximate surface area is 110 Å². The molecule has 0 heterocycles. The highest BCUT2D eigenvalue weighted by Crippen LogP contribution is 2.47. The monoisotopic (exact) mass is 270 g/mol.